The lowest BCUT2D eigenvalue weighted by molar-refractivity contribution is 0.601. The molecule has 0 spiro atoms. The van der Waals surface area contributed by atoms with Gasteiger partial charge in [-0.05, 0) is 11.6 Å². The van der Waals surface area contributed by atoms with E-state index in [0.717, 1.165) is 5.75 Å². The summed E-state index contributed by atoms with van der Waals surface area (Å²) in [4.78, 5) is 0. The molecule has 0 amide bonds. The molecule has 0 bridgehead atoms. The number of para-hydroxylation sites is 1. The Labute approximate surface area is 67.7 Å². The topological polar surface area (TPSA) is 9.23 Å². The third-order valence-electron chi connectivity index (χ3n) is 2.06. The number of benzene rings is 1. The first-order valence-electron chi connectivity index (χ1n) is 3.81. The summed E-state index contributed by atoms with van der Waals surface area (Å²) in [5, 5.41) is 0.0800. The highest BCUT2D eigenvalue weighted by atomic mass is 16.4. The van der Waals surface area contributed by atoms with Crippen LogP contribution in [0.3, 0.4) is 0 Å². The van der Waals surface area contributed by atoms with Crippen molar-refractivity contribution in [3.05, 3.63) is 29.8 Å². The first kappa shape index (κ1) is 6.77. The summed E-state index contributed by atoms with van der Waals surface area (Å²) < 4.78 is 5.39. The molecular weight excluding hydrogens is 135 g/mol. The van der Waals surface area contributed by atoms with Crippen LogP contribution in [-0.4, -0.2) is 7.48 Å². The molecule has 1 radical (unpaired) electrons. The van der Waals surface area contributed by atoms with E-state index in [9.17, 15) is 0 Å². The molecule has 2 heteroatoms. The zero-order valence-electron chi connectivity index (χ0n) is 6.79. The molecule has 0 aliphatic carbocycles. The number of fused-ring (bicyclic) bond motifs is 1. The van der Waals surface area contributed by atoms with Gasteiger partial charge in [0.15, 0.2) is 0 Å². The maximum absolute atomic E-state index is 5.39. The Bertz CT molecular complexity index is 281. The Morgan fingerprint density at radius 3 is 2.73 bits per heavy atom. The number of hydrogen-bond acceptors (Lipinski definition) is 1. The van der Waals surface area contributed by atoms with E-state index < -0.39 is 0 Å². The Kier molecular flexibility index (Phi) is 1.25. The van der Waals surface area contributed by atoms with Crippen LogP contribution in [0.25, 0.3) is 0 Å². The summed E-state index contributed by atoms with van der Waals surface area (Å²) in [6, 6.07) is 8.15. The lowest BCUT2D eigenvalue weighted by Crippen LogP contribution is -2.22. The van der Waals surface area contributed by atoms with Crippen LogP contribution in [0.15, 0.2) is 24.3 Å². The molecule has 0 aromatic heterocycles. The highest BCUT2D eigenvalue weighted by Crippen LogP contribution is 2.36. The van der Waals surface area contributed by atoms with Crippen molar-refractivity contribution >= 4 is 7.48 Å². The molecule has 0 N–H and O–H groups in total. The van der Waals surface area contributed by atoms with Gasteiger partial charge in [-0.3, -0.25) is 0 Å². The van der Waals surface area contributed by atoms with E-state index in [2.05, 4.69) is 19.9 Å². The quantitative estimate of drug-likeness (QED) is 0.506. The molecule has 1 aliphatic rings. The Balaban J connectivity index is 2.56. The van der Waals surface area contributed by atoms with Crippen molar-refractivity contribution in [2.45, 2.75) is 19.2 Å². The van der Waals surface area contributed by atoms with Gasteiger partial charge in [0.25, 0.3) is 0 Å². The van der Waals surface area contributed by atoms with E-state index in [0.29, 0.717) is 0 Å². The van der Waals surface area contributed by atoms with Crippen LogP contribution in [0.1, 0.15) is 19.4 Å². The second-order valence-electron chi connectivity index (χ2n) is 3.45. The maximum atomic E-state index is 5.39. The second-order valence-corrected chi connectivity index (χ2v) is 3.45. The molecule has 0 atom stereocenters. The standard InChI is InChI=1S/C9H10BO/c1-9(2)7-5-3-4-6-8(7)11-10-9/h3-6H,1-2H3. The average Bonchev–Trinajstić information content (AvgIpc) is 2.29. The third-order valence-corrected chi connectivity index (χ3v) is 2.06. The zero-order chi connectivity index (χ0) is 7.90. The van der Waals surface area contributed by atoms with Crippen LogP contribution in [-0.2, 0) is 5.31 Å². The van der Waals surface area contributed by atoms with Gasteiger partial charge in [-0.1, -0.05) is 32.0 Å². The van der Waals surface area contributed by atoms with Crippen LogP contribution in [0.2, 0.25) is 0 Å². The van der Waals surface area contributed by atoms with Crippen LogP contribution in [0.4, 0.5) is 0 Å². The first-order chi connectivity index (χ1) is 5.20. The van der Waals surface area contributed by atoms with E-state index in [1.807, 2.05) is 25.7 Å². The minimum absolute atomic E-state index is 0.0800. The average molecular weight is 145 g/mol. The molecule has 55 valence electrons. The van der Waals surface area contributed by atoms with Gasteiger partial charge in [-0.15, -0.1) is 0 Å². The summed E-state index contributed by atoms with van der Waals surface area (Å²) >= 11 is 0. The molecule has 0 unspecified atom stereocenters. The zero-order valence-corrected chi connectivity index (χ0v) is 6.79. The summed E-state index contributed by atoms with van der Waals surface area (Å²) in [5.41, 5.74) is 1.28. The molecule has 1 aromatic carbocycles. The van der Waals surface area contributed by atoms with E-state index >= 15 is 0 Å². The lowest BCUT2D eigenvalue weighted by atomic mass is 9.65. The van der Waals surface area contributed by atoms with Gasteiger partial charge >= 0.3 is 7.48 Å². The Morgan fingerprint density at radius 2 is 2.00 bits per heavy atom. The van der Waals surface area contributed by atoms with Gasteiger partial charge in [0.05, 0.1) is 0 Å². The van der Waals surface area contributed by atoms with E-state index in [-0.39, 0.29) is 5.31 Å². The summed E-state index contributed by atoms with van der Waals surface area (Å²) in [5.74, 6) is 0.998. The van der Waals surface area contributed by atoms with Crippen molar-refractivity contribution in [1.29, 1.82) is 0 Å². The maximum Gasteiger partial charge on any atom is 0.380 e. The largest absolute Gasteiger partial charge is 0.562 e. The minimum atomic E-state index is 0.0800. The smallest absolute Gasteiger partial charge is 0.380 e. The van der Waals surface area contributed by atoms with Crippen molar-refractivity contribution in [3.63, 3.8) is 0 Å². The van der Waals surface area contributed by atoms with E-state index in [1.165, 1.54) is 5.56 Å². The summed E-state index contributed by atoms with van der Waals surface area (Å²) in [6.07, 6.45) is 0. The van der Waals surface area contributed by atoms with Crippen molar-refractivity contribution in [2.24, 2.45) is 0 Å². The molecule has 0 fully saturated rings. The SMILES string of the molecule is CC1(C)[B]Oc2ccccc21. The van der Waals surface area contributed by atoms with Crippen molar-refractivity contribution in [2.75, 3.05) is 0 Å². The molecule has 1 nitrogen and oxygen atoms in total. The van der Waals surface area contributed by atoms with Gasteiger partial charge in [0, 0.05) is 5.31 Å². The summed E-state index contributed by atoms with van der Waals surface area (Å²) in [6.45, 7) is 4.30. The normalized spacial score (nSPS) is 18.4. The van der Waals surface area contributed by atoms with Crippen LogP contribution >= 0.6 is 0 Å². The lowest BCUT2D eigenvalue weighted by Gasteiger charge is -2.12. The molecule has 0 saturated heterocycles. The Hall–Kier alpha value is -0.915. The van der Waals surface area contributed by atoms with Gasteiger partial charge in [-0.25, -0.2) is 0 Å². The molecule has 1 aromatic rings. The van der Waals surface area contributed by atoms with Crippen LogP contribution in [0.5, 0.6) is 5.75 Å². The van der Waals surface area contributed by atoms with Crippen LogP contribution < -0.4 is 4.65 Å². The monoisotopic (exact) mass is 145 g/mol. The predicted octanol–water partition coefficient (Wildman–Crippen LogP) is 1.93. The highest BCUT2D eigenvalue weighted by Gasteiger charge is 2.33. The van der Waals surface area contributed by atoms with E-state index in [1.54, 1.807) is 0 Å². The number of rotatable bonds is 0. The minimum Gasteiger partial charge on any atom is -0.562 e. The highest BCUT2D eigenvalue weighted by molar-refractivity contribution is 6.35. The Morgan fingerprint density at radius 1 is 1.27 bits per heavy atom. The molecule has 1 heterocycles. The molecule has 1 aliphatic heterocycles. The van der Waals surface area contributed by atoms with Crippen LogP contribution in [0, 0.1) is 0 Å². The van der Waals surface area contributed by atoms with Gasteiger partial charge < -0.3 is 4.65 Å². The van der Waals surface area contributed by atoms with E-state index in [4.69, 9.17) is 4.65 Å². The third kappa shape index (κ3) is 0.935. The molecule has 11 heavy (non-hydrogen) atoms. The first-order valence-corrected chi connectivity index (χ1v) is 3.81. The molecular formula is C9H10BO. The summed E-state index contributed by atoms with van der Waals surface area (Å²) in [7, 11) is 1.89. The van der Waals surface area contributed by atoms with Gasteiger partial charge in [0.1, 0.15) is 5.75 Å². The molecule has 2 rings (SSSR count). The van der Waals surface area contributed by atoms with Crippen molar-refractivity contribution < 1.29 is 4.65 Å². The fourth-order valence-corrected chi connectivity index (χ4v) is 1.38. The molecule has 0 saturated carbocycles. The fourth-order valence-electron chi connectivity index (χ4n) is 1.38. The fraction of sp³-hybridized carbons (Fsp3) is 0.333. The van der Waals surface area contributed by atoms with Crippen molar-refractivity contribution in [1.82, 2.24) is 0 Å². The van der Waals surface area contributed by atoms with Gasteiger partial charge in [-0.2, -0.15) is 0 Å². The van der Waals surface area contributed by atoms with Gasteiger partial charge in [0.2, 0.25) is 0 Å². The predicted molar refractivity (Wildman–Crippen MR) is 45.9 cm³/mol. The second kappa shape index (κ2) is 2.03. The van der Waals surface area contributed by atoms with Crippen molar-refractivity contribution in [3.8, 4) is 5.75 Å². The number of hydrogen-bond donors (Lipinski definition) is 0.